The number of ether oxygens (including phenoxy) is 1. The molecule has 25 heavy (non-hydrogen) atoms. The van der Waals surface area contributed by atoms with E-state index >= 15 is 0 Å². The fourth-order valence-corrected chi connectivity index (χ4v) is 3.80. The van der Waals surface area contributed by atoms with E-state index in [1.165, 1.54) is 19.3 Å². The molecule has 1 aliphatic carbocycles. The van der Waals surface area contributed by atoms with Crippen LogP contribution >= 0.6 is 0 Å². The molecule has 0 aromatic heterocycles. The first kappa shape index (κ1) is 17.8. The summed E-state index contributed by atoms with van der Waals surface area (Å²) in [4.78, 5) is 26.8. The number of likely N-dealkylation sites (tertiary alicyclic amines) is 1. The molecule has 1 N–H and O–H groups in total. The van der Waals surface area contributed by atoms with Crippen LogP contribution in [0.15, 0.2) is 30.3 Å². The second kappa shape index (κ2) is 8.88. The quantitative estimate of drug-likeness (QED) is 0.863. The second-order valence-corrected chi connectivity index (χ2v) is 7.00. The molecule has 2 amide bonds. The molecule has 1 atom stereocenters. The Hall–Kier alpha value is -2.04. The third kappa shape index (κ3) is 4.97. The minimum absolute atomic E-state index is 0.0113. The number of amides is 2. The van der Waals surface area contributed by atoms with Crippen LogP contribution in [0.2, 0.25) is 0 Å². The van der Waals surface area contributed by atoms with Gasteiger partial charge in [-0.25, -0.2) is 0 Å². The summed E-state index contributed by atoms with van der Waals surface area (Å²) in [5, 5.41) is 3.16. The predicted octanol–water partition coefficient (Wildman–Crippen LogP) is 2.90. The van der Waals surface area contributed by atoms with E-state index in [0.717, 1.165) is 31.4 Å². The van der Waals surface area contributed by atoms with Crippen LogP contribution in [0, 0.1) is 0 Å². The minimum Gasteiger partial charge on any atom is -0.493 e. The molecule has 1 aromatic rings. The highest BCUT2D eigenvalue weighted by Crippen LogP contribution is 2.21. The van der Waals surface area contributed by atoms with Gasteiger partial charge < -0.3 is 15.0 Å². The van der Waals surface area contributed by atoms with Crippen molar-refractivity contribution in [2.75, 3.05) is 13.2 Å². The van der Waals surface area contributed by atoms with Crippen LogP contribution in [0.5, 0.6) is 5.75 Å². The van der Waals surface area contributed by atoms with E-state index in [4.69, 9.17) is 4.74 Å². The van der Waals surface area contributed by atoms with Crippen molar-refractivity contribution in [1.29, 1.82) is 0 Å². The lowest BCUT2D eigenvalue weighted by molar-refractivity contribution is -0.139. The van der Waals surface area contributed by atoms with E-state index in [2.05, 4.69) is 5.32 Å². The molecule has 1 aliphatic heterocycles. The van der Waals surface area contributed by atoms with Gasteiger partial charge in [0.25, 0.3) is 0 Å². The minimum atomic E-state index is -0.300. The summed E-state index contributed by atoms with van der Waals surface area (Å²) >= 11 is 0. The van der Waals surface area contributed by atoms with Gasteiger partial charge in [-0.15, -0.1) is 0 Å². The number of rotatable bonds is 6. The molecule has 1 saturated heterocycles. The molecule has 0 radical (unpaired) electrons. The van der Waals surface area contributed by atoms with Gasteiger partial charge in [-0.3, -0.25) is 9.59 Å². The van der Waals surface area contributed by atoms with Gasteiger partial charge in [0.15, 0.2) is 0 Å². The van der Waals surface area contributed by atoms with Crippen LogP contribution in [0.1, 0.15) is 51.4 Å². The zero-order chi connectivity index (χ0) is 17.5. The van der Waals surface area contributed by atoms with Crippen molar-refractivity contribution in [3.63, 3.8) is 0 Å². The maximum atomic E-state index is 12.6. The van der Waals surface area contributed by atoms with Crippen molar-refractivity contribution in [2.24, 2.45) is 0 Å². The van der Waals surface area contributed by atoms with E-state index in [1.54, 1.807) is 4.90 Å². The Bertz CT molecular complexity index is 570. The number of nitrogens with one attached hydrogen (secondary N) is 1. The highest BCUT2D eigenvalue weighted by molar-refractivity contribution is 5.88. The van der Waals surface area contributed by atoms with Gasteiger partial charge in [-0.05, 0) is 37.8 Å². The van der Waals surface area contributed by atoms with E-state index in [1.807, 2.05) is 30.3 Å². The summed E-state index contributed by atoms with van der Waals surface area (Å²) < 4.78 is 5.61. The number of hydrogen-bond donors (Lipinski definition) is 1. The lowest BCUT2D eigenvalue weighted by Crippen LogP contribution is -2.49. The lowest BCUT2D eigenvalue weighted by atomic mass is 9.95. The van der Waals surface area contributed by atoms with E-state index < -0.39 is 0 Å². The molecular formula is C20H28N2O3. The van der Waals surface area contributed by atoms with Gasteiger partial charge in [-0.2, -0.15) is 0 Å². The predicted molar refractivity (Wildman–Crippen MR) is 96.3 cm³/mol. The van der Waals surface area contributed by atoms with E-state index in [-0.39, 0.29) is 17.9 Å². The summed E-state index contributed by atoms with van der Waals surface area (Å²) in [7, 11) is 0. The zero-order valence-electron chi connectivity index (χ0n) is 14.8. The number of nitrogens with zero attached hydrogens (tertiary/aromatic N) is 1. The van der Waals surface area contributed by atoms with Crippen molar-refractivity contribution >= 4 is 11.8 Å². The first-order chi connectivity index (χ1) is 12.2. The first-order valence-corrected chi connectivity index (χ1v) is 9.52. The van der Waals surface area contributed by atoms with Crippen LogP contribution < -0.4 is 10.1 Å². The van der Waals surface area contributed by atoms with Gasteiger partial charge in [0, 0.05) is 12.6 Å². The van der Waals surface area contributed by atoms with Crippen molar-refractivity contribution in [3.05, 3.63) is 30.3 Å². The summed E-state index contributed by atoms with van der Waals surface area (Å²) in [5.41, 5.74) is 0. The molecule has 1 aromatic carbocycles. The largest absolute Gasteiger partial charge is 0.493 e. The molecule has 1 heterocycles. The van der Waals surface area contributed by atoms with Crippen molar-refractivity contribution in [1.82, 2.24) is 10.2 Å². The monoisotopic (exact) mass is 344 g/mol. The van der Waals surface area contributed by atoms with Crippen LogP contribution in [0.25, 0.3) is 0 Å². The van der Waals surface area contributed by atoms with Gasteiger partial charge in [-0.1, -0.05) is 37.5 Å². The average Bonchev–Trinajstić information content (AvgIpc) is 3.13. The Labute approximate surface area is 149 Å². The number of carbonyl (C=O) groups excluding carboxylic acids is 2. The molecule has 0 bridgehead atoms. The van der Waals surface area contributed by atoms with Gasteiger partial charge >= 0.3 is 0 Å². The Morgan fingerprint density at radius 1 is 1.04 bits per heavy atom. The topological polar surface area (TPSA) is 58.6 Å². The van der Waals surface area contributed by atoms with Gasteiger partial charge in [0.1, 0.15) is 11.8 Å². The Kier molecular flexibility index (Phi) is 6.31. The fourth-order valence-electron chi connectivity index (χ4n) is 3.80. The average molecular weight is 344 g/mol. The highest BCUT2D eigenvalue weighted by atomic mass is 16.5. The number of hydrogen-bond acceptors (Lipinski definition) is 3. The number of benzene rings is 1. The Morgan fingerprint density at radius 3 is 2.56 bits per heavy atom. The van der Waals surface area contributed by atoms with Gasteiger partial charge in [0.05, 0.1) is 13.0 Å². The maximum Gasteiger partial charge on any atom is 0.243 e. The third-order valence-corrected chi connectivity index (χ3v) is 5.16. The fraction of sp³-hybridized carbons (Fsp3) is 0.600. The molecule has 0 unspecified atom stereocenters. The van der Waals surface area contributed by atoms with Crippen LogP contribution in [0.4, 0.5) is 0 Å². The summed E-state index contributed by atoms with van der Waals surface area (Å²) in [6.45, 7) is 1.02. The van der Waals surface area contributed by atoms with Gasteiger partial charge in [0.2, 0.25) is 11.8 Å². The molecule has 136 valence electrons. The van der Waals surface area contributed by atoms with E-state index in [9.17, 15) is 9.59 Å². The maximum absolute atomic E-state index is 12.6. The second-order valence-electron chi connectivity index (χ2n) is 7.00. The lowest BCUT2D eigenvalue weighted by Gasteiger charge is -2.28. The molecule has 2 fully saturated rings. The normalized spacial score (nSPS) is 21.1. The molecule has 5 heteroatoms. The first-order valence-electron chi connectivity index (χ1n) is 9.52. The van der Waals surface area contributed by atoms with Crippen LogP contribution in [-0.2, 0) is 9.59 Å². The SMILES string of the molecule is O=C(NC1CCCCC1)[C@H]1CCCN1C(=O)CCOc1ccccc1. The molecular weight excluding hydrogens is 316 g/mol. The molecule has 2 aliphatic rings. The number of carbonyl (C=O) groups is 2. The van der Waals surface area contributed by atoms with Crippen molar-refractivity contribution in [3.8, 4) is 5.75 Å². The highest BCUT2D eigenvalue weighted by Gasteiger charge is 2.34. The van der Waals surface area contributed by atoms with Crippen molar-refractivity contribution < 1.29 is 14.3 Å². The van der Waals surface area contributed by atoms with Crippen molar-refractivity contribution in [2.45, 2.75) is 63.5 Å². The summed E-state index contributed by atoms with van der Waals surface area (Å²) in [5.74, 6) is 0.808. The molecule has 0 spiro atoms. The Morgan fingerprint density at radius 2 is 1.80 bits per heavy atom. The number of para-hydroxylation sites is 1. The summed E-state index contributed by atoms with van der Waals surface area (Å²) in [6, 6.07) is 9.48. The Balaban J connectivity index is 1.46. The third-order valence-electron chi connectivity index (χ3n) is 5.16. The summed E-state index contributed by atoms with van der Waals surface area (Å²) in [6.07, 6.45) is 7.75. The molecule has 3 rings (SSSR count). The molecule has 1 saturated carbocycles. The standard InChI is InChI=1S/C20H28N2O3/c23-19(13-15-25-17-10-5-2-6-11-17)22-14-7-12-18(22)20(24)21-16-8-3-1-4-9-16/h2,5-6,10-11,16,18H,1,3-4,7-9,12-15H2,(H,21,24)/t18-/m1/s1. The zero-order valence-corrected chi connectivity index (χ0v) is 14.8. The molecule has 5 nitrogen and oxygen atoms in total. The van der Waals surface area contributed by atoms with E-state index in [0.29, 0.717) is 25.6 Å². The van der Waals surface area contributed by atoms with Crippen LogP contribution in [-0.4, -0.2) is 41.9 Å². The van der Waals surface area contributed by atoms with Crippen LogP contribution in [0.3, 0.4) is 0 Å². The smallest absolute Gasteiger partial charge is 0.243 e.